The zero-order valence-electron chi connectivity index (χ0n) is 8.00. The molecule has 1 aromatic carbocycles. The summed E-state index contributed by atoms with van der Waals surface area (Å²) in [5.41, 5.74) is 0.829. The zero-order chi connectivity index (χ0) is 11.4. The van der Waals surface area contributed by atoms with Gasteiger partial charge in [0.15, 0.2) is 6.07 Å². The molecule has 0 aliphatic rings. The Morgan fingerprint density at radius 2 is 2.13 bits per heavy atom. The topological polar surface area (TPSA) is 44.1 Å². The third-order valence-corrected chi connectivity index (χ3v) is 2.59. The van der Waals surface area contributed by atoms with Crippen molar-refractivity contribution in [3.8, 4) is 6.07 Å². The van der Waals surface area contributed by atoms with Crippen LogP contribution in [0.1, 0.15) is 5.56 Å². The average Bonchev–Trinajstić information content (AvgIpc) is 2.22. The lowest BCUT2D eigenvalue weighted by Gasteiger charge is -2.13. The number of rotatable bonds is 2. The van der Waals surface area contributed by atoms with Gasteiger partial charge in [-0.25, -0.2) is 0 Å². The van der Waals surface area contributed by atoms with Crippen molar-refractivity contribution in [1.29, 1.82) is 5.26 Å². The van der Waals surface area contributed by atoms with Gasteiger partial charge >= 0.3 is 5.91 Å². The lowest BCUT2D eigenvalue weighted by atomic mass is 10.2. The summed E-state index contributed by atoms with van der Waals surface area (Å²) in [7, 11) is 1.55. The number of benzene rings is 1. The quantitative estimate of drug-likeness (QED) is 0.749. The van der Waals surface area contributed by atoms with Gasteiger partial charge in [-0.1, -0.05) is 29.3 Å². The summed E-state index contributed by atoms with van der Waals surface area (Å²) in [4.78, 5) is 12.3. The van der Waals surface area contributed by atoms with Gasteiger partial charge in [0.25, 0.3) is 0 Å². The maximum atomic E-state index is 11.0. The molecule has 0 saturated heterocycles. The van der Waals surface area contributed by atoms with Crippen LogP contribution in [0.5, 0.6) is 0 Å². The third kappa shape index (κ3) is 3.12. The Bertz CT molecular complexity index is 426. The van der Waals surface area contributed by atoms with Crippen molar-refractivity contribution in [2.75, 3.05) is 7.05 Å². The van der Waals surface area contributed by atoms with Gasteiger partial charge in [-0.3, -0.25) is 4.79 Å². The van der Waals surface area contributed by atoms with Crippen LogP contribution in [-0.2, 0) is 11.3 Å². The molecule has 0 unspecified atom stereocenters. The van der Waals surface area contributed by atoms with Crippen molar-refractivity contribution in [2.45, 2.75) is 6.54 Å². The number of amides is 1. The van der Waals surface area contributed by atoms with Crippen molar-refractivity contribution in [3.63, 3.8) is 0 Å². The normalized spacial score (nSPS) is 9.47. The van der Waals surface area contributed by atoms with Crippen LogP contribution < -0.4 is 0 Å². The van der Waals surface area contributed by atoms with Gasteiger partial charge in [-0.2, -0.15) is 5.26 Å². The minimum atomic E-state index is -0.582. The van der Waals surface area contributed by atoms with Gasteiger partial charge in [0.2, 0.25) is 0 Å². The summed E-state index contributed by atoms with van der Waals surface area (Å²) in [6, 6.07) is 6.63. The molecular formula is C10H8Cl2N2O. The van der Waals surface area contributed by atoms with E-state index in [4.69, 9.17) is 28.5 Å². The molecule has 0 aliphatic carbocycles. The second-order valence-electron chi connectivity index (χ2n) is 3.02. The number of carbonyl (C=O) groups is 1. The highest BCUT2D eigenvalue weighted by atomic mass is 35.5. The van der Waals surface area contributed by atoms with Crippen LogP contribution in [0.4, 0.5) is 0 Å². The largest absolute Gasteiger partial charge is 0.329 e. The number of nitrogens with zero attached hydrogens (tertiary/aromatic N) is 2. The molecular weight excluding hydrogens is 235 g/mol. The van der Waals surface area contributed by atoms with Crippen LogP contribution in [0.15, 0.2) is 18.2 Å². The lowest BCUT2D eigenvalue weighted by molar-refractivity contribution is -0.124. The molecule has 0 atom stereocenters. The second kappa shape index (κ2) is 5.01. The smallest absolute Gasteiger partial charge is 0.325 e. The van der Waals surface area contributed by atoms with E-state index < -0.39 is 5.91 Å². The van der Waals surface area contributed by atoms with Crippen molar-refractivity contribution in [1.82, 2.24) is 4.90 Å². The minimum Gasteiger partial charge on any atom is -0.329 e. The summed E-state index contributed by atoms with van der Waals surface area (Å²) in [6.07, 6.45) is 0. The van der Waals surface area contributed by atoms with Crippen LogP contribution in [0.25, 0.3) is 0 Å². The van der Waals surface area contributed by atoms with Crippen LogP contribution in [-0.4, -0.2) is 17.9 Å². The highest BCUT2D eigenvalue weighted by Gasteiger charge is 2.08. The van der Waals surface area contributed by atoms with Crippen molar-refractivity contribution >= 4 is 29.1 Å². The Kier molecular flexibility index (Phi) is 3.96. The van der Waals surface area contributed by atoms with Crippen molar-refractivity contribution < 1.29 is 4.79 Å². The van der Waals surface area contributed by atoms with Crippen LogP contribution in [0.3, 0.4) is 0 Å². The Balaban J connectivity index is 2.78. The second-order valence-corrected chi connectivity index (χ2v) is 3.84. The summed E-state index contributed by atoms with van der Waals surface area (Å²) in [5.74, 6) is -0.582. The number of hydrogen-bond donors (Lipinski definition) is 0. The van der Waals surface area contributed by atoms with Gasteiger partial charge in [-0.15, -0.1) is 0 Å². The molecule has 0 spiro atoms. The molecule has 5 heteroatoms. The van der Waals surface area contributed by atoms with E-state index in [1.807, 2.05) is 0 Å². The van der Waals surface area contributed by atoms with Crippen molar-refractivity contribution in [2.24, 2.45) is 0 Å². The molecule has 0 fully saturated rings. The van der Waals surface area contributed by atoms with Crippen LogP contribution >= 0.6 is 23.2 Å². The summed E-state index contributed by atoms with van der Waals surface area (Å²) >= 11 is 11.6. The molecule has 0 saturated carbocycles. The fraction of sp³-hybridized carbons (Fsp3) is 0.200. The molecule has 0 radical (unpaired) electrons. The molecule has 0 heterocycles. The molecule has 1 amide bonds. The molecule has 1 rings (SSSR count). The molecule has 0 bridgehead atoms. The zero-order valence-corrected chi connectivity index (χ0v) is 9.51. The number of carbonyl (C=O) groups excluding carboxylic acids is 1. The number of hydrogen-bond acceptors (Lipinski definition) is 2. The van der Waals surface area contributed by atoms with Gasteiger partial charge in [-0.05, 0) is 17.7 Å². The predicted molar refractivity (Wildman–Crippen MR) is 58.5 cm³/mol. The van der Waals surface area contributed by atoms with E-state index >= 15 is 0 Å². The minimum absolute atomic E-state index is 0.337. The van der Waals surface area contributed by atoms with Gasteiger partial charge in [0, 0.05) is 13.6 Å². The predicted octanol–water partition coefficient (Wildman–Crippen LogP) is 2.48. The Morgan fingerprint density at radius 3 is 2.67 bits per heavy atom. The van der Waals surface area contributed by atoms with E-state index in [1.165, 1.54) is 11.0 Å². The maximum Gasteiger partial charge on any atom is 0.325 e. The van der Waals surface area contributed by atoms with Gasteiger partial charge in [0.05, 0.1) is 10.0 Å². The van der Waals surface area contributed by atoms with E-state index in [0.29, 0.717) is 16.6 Å². The van der Waals surface area contributed by atoms with E-state index in [2.05, 4.69) is 0 Å². The fourth-order valence-electron chi connectivity index (χ4n) is 1.07. The van der Waals surface area contributed by atoms with Crippen LogP contribution in [0, 0.1) is 11.3 Å². The highest BCUT2D eigenvalue weighted by molar-refractivity contribution is 6.42. The Labute approximate surface area is 97.8 Å². The van der Waals surface area contributed by atoms with E-state index in [1.54, 1.807) is 25.2 Å². The van der Waals surface area contributed by atoms with E-state index in [-0.39, 0.29) is 0 Å². The first-order valence-electron chi connectivity index (χ1n) is 4.13. The SMILES string of the molecule is CN(Cc1ccc(Cl)c(Cl)c1)C(=O)C#N. The summed E-state index contributed by atoms with van der Waals surface area (Å²) in [6.45, 7) is 0.337. The molecule has 3 nitrogen and oxygen atoms in total. The highest BCUT2D eigenvalue weighted by Crippen LogP contribution is 2.22. The molecule has 15 heavy (non-hydrogen) atoms. The van der Waals surface area contributed by atoms with E-state index in [9.17, 15) is 4.79 Å². The molecule has 0 N–H and O–H groups in total. The van der Waals surface area contributed by atoms with E-state index in [0.717, 1.165) is 5.56 Å². The maximum absolute atomic E-state index is 11.0. The number of nitriles is 1. The Morgan fingerprint density at radius 1 is 1.47 bits per heavy atom. The first-order chi connectivity index (χ1) is 7.04. The fourth-order valence-corrected chi connectivity index (χ4v) is 1.39. The third-order valence-electron chi connectivity index (χ3n) is 1.85. The van der Waals surface area contributed by atoms with Gasteiger partial charge in [0.1, 0.15) is 0 Å². The first kappa shape index (κ1) is 11.8. The van der Waals surface area contributed by atoms with Crippen LogP contribution in [0.2, 0.25) is 10.0 Å². The summed E-state index contributed by atoms with van der Waals surface area (Å²) < 4.78 is 0. The first-order valence-corrected chi connectivity index (χ1v) is 4.89. The van der Waals surface area contributed by atoms with Crippen molar-refractivity contribution in [3.05, 3.63) is 33.8 Å². The van der Waals surface area contributed by atoms with Gasteiger partial charge < -0.3 is 4.90 Å². The molecule has 0 aromatic heterocycles. The number of halogens is 2. The monoisotopic (exact) mass is 242 g/mol. The summed E-state index contributed by atoms with van der Waals surface area (Å²) in [5, 5.41) is 9.30. The molecule has 78 valence electrons. The lowest BCUT2D eigenvalue weighted by Crippen LogP contribution is -2.24. The molecule has 1 aromatic rings. The average molecular weight is 243 g/mol. The molecule has 0 aliphatic heterocycles. The standard InChI is InChI=1S/C10H8Cl2N2O/c1-14(10(15)5-13)6-7-2-3-8(11)9(12)4-7/h2-4H,6H2,1H3. The Hall–Kier alpha value is -1.24.